The lowest BCUT2D eigenvalue weighted by molar-refractivity contribution is -0.382. The Morgan fingerprint density at radius 1 is 1.50 bits per heavy atom. The fourth-order valence-corrected chi connectivity index (χ4v) is 1.58. The predicted octanol–water partition coefficient (Wildman–Crippen LogP) is 1.60. The van der Waals surface area contributed by atoms with Crippen molar-refractivity contribution in [2.45, 2.75) is 0 Å². The molecule has 1 aromatic heterocycles. The zero-order valence-corrected chi connectivity index (χ0v) is 6.61. The van der Waals surface area contributed by atoms with Gasteiger partial charge in [-0.15, -0.1) is 5.10 Å². The van der Waals surface area contributed by atoms with E-state index in [1.807, 2.05) is 0 Å². The minimum absolute atomic E-state index is 0.0718. The molecule has 2 aromatic rings. The van der Waals surface area contributed by atoms with Crippen LogP contribution in [0.25, 0.3) is 10.2 Å². The summed E-state index contributed by atoms with van der Waals surface area (Å²) < 4.78 is 4.16. The summed E-state index contributed by atoms with van der Waals surface area (Å²) in [5.41, 5.74) is 0.650. The molecule has 0 aliphatic heterocycles. The summed E-state index contributed by atoms with van der Waals surface area (Å²) in [6.45, 7) is 0. The number of hydrogen-bond acceptors (Lipinski definition) is 5. The maximum Gasteiger partial charge on any atom is 0.290 e. The highest BCUT2D eigenvalue weighted by Crippen LogP contribution is 2.26. The summed E-state index contributed by atoms with van der Waals surface area (Å²) in [4.78, 5) is 10.0. The molecule has 0 aliphatic rings. The van der Waals surface area contributed by atoms with E-state index < -0.39 is 4.92 Å². The summed E-state index contributed by atoms with van der Waals surface area (Å²) >= 11 is 1.04. The molecule has 12 heavy (non-hydrogen) atoms. The molecule has 0 atom stereocenters. The van der Waals surface area contributed by atoms with Crippen molar-refractivity contribution in [1.29, 1.82) is 0 Å². The molecule has 0 aliphatic carbocycles. The average molecular weight is 181 g/mol. The van der Waals surface area contributed by atoms with E-state index in [4.69, 9.17) is 0 Å². The van der Waals surface area contributed by atoms with Crippen molar-refractivity contribution in [2.75, 3.05) is 0 Å². The number of benzene rings is 1. The molecule has 0 radical (unpaired) electrons. The van der Waals surface area contributed by atoms with Crippen molar-refractivity contribution in [3.05, 3.63) is 28.3 Å². The molecule has 0 unspecified atom stereocenters. The van der Waals surface area contributed by atoms with Crippen molar-refractivity contribution in [3.8, 4) is 0 Å². The number of hydrogen-bond donors (Lipinski definition) is 0. The maximum atomic E-state index is 10.5. The van der Waals surface area contributed by atoms with Gasteiger partial charge in [0.25, 0.3) is 5.69 Å². The van der Waals surface area contributed by atoms with Crippen LogP contribution in [0, 0.1) is 10.1 Å². The molecule has 60 valence electrons. The predicted molar refractivity (Wildman–Crippen MR) is 44.1 cm³/mol. The third-order valence-corrected chi connectivity index (χ3v) is 2.21. The highest BCUT2D eigenvalue weighted by atomic mass is 32.1. The van der Waals surface area contributed by atoms with Crippen molar-refractivity contribution in [2.24, 2.45) is 0 Å². The maximum absolute atomic E-state index is 10.5. The highest BCUT2D eigenvalue weighted by Gasteiger charge is 2.13. The van der Waals surface area contributed by atoms with E-state index in [0.29, 0.717) is 10.2 Å². The van der Waals surface area contributed by atoms with Crippen LogP contribution in [0.15, 0.2) is 18.2 Å². The summed E-state index contributed by atoms with van der Waals surface area (Å²) in [7, 11) is 0. The number of non-ortho nitro benzene ring substituents is 1. The van der Waals surface area contributed by atoms with E-state index in [-0.39, 0.29) is 5.69 Å². The van der Waals surface area contributed by atoms with Gasteiger partial charge in [-0.05, 0) is 17.6 Å². The molecule has 1 heterocycles. The molecule has 5 nitrogen and oxygen atoms in total. The SMILES string of the molecule is O=[N+]([O-])c1cccc2nnsc12. The summed E-state index contributed by atoms with van der Waals surface area (Å²) in [5, 5.41) is 14.2. The molecule has 2 rings (SSSR count). The Morgan fingerprint density at radius 2 is 2.33 bits per heavy atom. The minimum Gasteiger partial charge on any atom is -0.258 e. The Labute approximate surface area is 71.0 Å². The zero-order chi connectivity index (χ0) is 8.55. The zero-order valence-electron chi connectivity index (χ0n) is 5.80. The second kappa shape index (κ2) is 2.49. The van der Waals surface area contributed by atoms with Gasteiger partial charge in [-0.2, -0.15) is 0 Å². The quantitative estimate of drug-likeness (QED) is 0.495. The largest absolute Gasteiger partial charge is 0.290 e. The van der Waals surface area contributed by atoms with Crippen LogP contribution < -0.4 is 0 Å². The lowest BCUT2D eigenvalue weighted by Gasteiger charge is -1.88. The molecule has 0 bridgehead atoms. The van der Waals surface area contributed by atoms with Crippen LogP contribution in [0.2, 0.25) is 0 Å². The first kappa shape index (κ1) is 7.11. The van der Waals surface area contributed by atoms with Gasteiger partial charge in [0.2, 0.25) is 0 Å². The molecule has 0 amide bonds. The van der Waals surface area contributed by atoms with Crippen molar-refractivity contribution in [1.82, 2.24) is 9.59 Å². The third kappa shape index (κ3) is 0.928. The third-order valence-electron chi connectivity index (χ3n) is 1.45. The fourth-order valence-electron chi connectivity index (χ4n) is 0.934. The van der Waals surface area contributed by atoms with Gasteiger partial charge < -0.3 is 0 Å². The van der Waals surface area contributed by atoms with E-state index in [2.05, 4.69) is 9.59 Å². The first-order valence-corrected chi connectivity index (χ1v) is 3.92. The first-order valence-electron chi connectivity index (χ1n) is 3.14. The second-order valence-electron chi connectivity index (χ2n) is 2.16. The molecular weight excluding hydrogens is 178 g/mol. The summed E-state index contributed by atoms with van der Waals surface area (Å²) in [6, 6.07) is 4.75. The fraction of sp³-hybridized carbons (Fsp3) is 0. The lowest BCUT2D eigenvalue weighted by atomic mass is 10.3. The summed E-state index contributed by atoms with van der Waals surface area (Å²) in [6.07, 6.45) is 0. The van der Waals surface area contributed by atoms with Gasteiger partial charge in [-0.3, -0.25) is 10.1 Å². The minimum atomic E-state index is -0.428. The van der Waals surface area contributed by atoms with Gasteiger partial charge in [-0.25, -0.2) is 0 Å². The molecule has 0 saturated heterocycles. The average Bonchev–Trinajstić information content (AvgIpc) is 2.49. The van der Waals surface area contributed by atoms with Crippen LogP contribution in [0.5, 0.6) is 0 Å². The van der Waals surface area contributed by atoms with Gasteiger partial charge in [-0.1, -0.05) is 10.6 Å². The van der Waals surface area contributed by atoms with E-state index in [1.165, 1.54) is 6.07 Å². The molecule has 1 aromatic carbocycles. The Morgan fingerprint density at radius 3 is 3.08 bits per heavy atom. The van der Waals surface area contributed by atoms with Crippen molar-refractivity contribution < 1.29 is 4.92 Å². The normalized spacial score (nSPS) is 10.3. The van der Waals surface area contributed by atoms with E-state index >= 15 is 0 Å². The van der Waals surface area contributed by atoms with Crippen molar-refractivity contribution in [3.63, 3.8) is 0 Å². The highest BCUT2D eigenvalue weighted by molar-refractivity contribution is 7.13. The van der Waals surface area contributed by atoms with Crippen LogP contribution in [-0.4, -0.2) is 14.5 Å². The van der Waals surface area contributed by atoms with E-state index in [0.717, 1.165) is 11.5 Å². The Bertz CT molecular complexity index is 439. The van der Waals surface area contributed by atoms with Crippen LogP contribution in [0.4, 0.5) is 5.69 Å². The van der Waals surface area contributed by atoms with Gasteiger partial charge in [0.15, 0.2) is 4.70 Å². The molecule has 6 heteroatoms. The Hall–Kier alpha value is -1.56. The number of fused-ring (bicyclic) bond motifs is 1. The molecule has 0 N–H and O–H groups in total. The number of aromatic nitrogens is 2. The molecule has 0 spiro atoms. The van der Waals surface area contributed by atoms with Crippen LogP contribution in [0.3, 0.4) is 0 Å². The number of nitro benzene ring substituents is 1. The standard InChI is InChI=1S/C6H3N3O2S/c10-9(11)5-3-1-2-4-6(5)12-8-7-4/h1-3H. The Balaban J connectivity index is 2.82. The van der Waals surface area contributed by atoms with E-state index in [9.17, 15) is 10.1 Å². The number of rotatable bonds is 1. The van der Waals surface area contributed by atoms with Crippen LogP contribution in [-0.2, 0) is 0 Å². The van der Waals surface area contributed by atoms with Gasteiger partial charge in [0, 0.05) is 6.07 Å². The number of nitrogens with zero attached hydrogens (tertiary/aromatic N) is 3. The number of nitro groups is 1. The Kier molecular flexibility index (Phi) is 1.47. The molecule has 0 saturated carbocycles. The summed E-state index contributed by atoms with van der Waals surface area (Å²) in [5.74, 6) is 0. The first-order chi connectivity index (χ1) is 5.79. The molecule has 0 fully saturated rings. The van der Waals surface area contributed by atoms with Gasteiger partial charge in [0.1, 0.15) is 5.52 Å². The second-order valence-corrected chi connectivity index (χ2v) is 2.91. The topological polar surface area (TPSA) is 68.9 Å². The smallest absolute Gasteiger partial charge is 0.258 e. The van der Waals surface area contributed by atoms with Crippen LogP contribution in [0.1, 0.15) is 0 Å². The monoisotopic (exact) mass is 181 g/mol. The van der Waals surface area contributed by atoms with Gasteiger partial charge >= 0.3 is 0 Å². The lowest BCUT2D eigenvalue weighted by Crippen LogP contribution is -1.86. The van der Waals surface area contributed by atoms with Crippen molar-refractivity contribution >= 4 is 27.4 Å². The van der Waals surface area contributed by atoms with E-state index in [1.54, 1.807) is 12.1 Å². The van der Waals surface area contributed by atoms with Crippen LogP contribution >= 0.6 is 11.5 Å². The van der Waals surface area contributed by atoms with Gasteiger partial charge in [0.05, 0.1) is 4.92 Å². The molecular formula is C6H3N3O2S.